The molecule has 1 aliphatic heterocycles. The molecule has 3 rings (SSSR count). The van der Waals surface area contributed by atoms with E-state index in [1.807, 2.05) is 26.0 Å². The number of anilines is 1. The lowest BCUT2D eigenvalue weighted by molar-refractivity contribution is 0.0620. The van der Waals surface area contributed by atoms with Crippen molar-refractivity contribution in [2.24, 2.45) is 0 Å². The molecular weight excluding hydrogens is 294 g/mol. The Morgan fingerprint density at radius 2 is 2.13 bits per heavy atom. The van der Waals surface area contributed by atoms with Crippen molar-refractivity contribution < 1.29 is 9.53 Å². The van der Waals surface area contributed by atoms with E-state index < -0.39 is 5.60 Å². The Morgan fingerprint density at radius 3 is 2.87 bits per heavy atom. The normalized spacial score (nSPS) is 18.6. The lowest BCUT2D eigenvalue weighted by atomic mass is 9.89. The van der Waals surface area contributed by atoms with Gasteiger partial charge in [-0.1, -0.05) is 0 Å². The summed E-state index contributed by atoms with van der Waals surface area (Å²) in [5.41, 5.74) is 6.93. The lowest BCUT2D eigenvalue weighted by Gasteiger charge is -2.38. The number of nitrogens with one attached hydrogen (secondary N) is 2. The van der Waals surface area contributed by atoms with Crippen molar-refractivity contribution in [3.05, 3.63) is 58.0 Å². The molecule has 0 spiro atoms. The number of fused-ring (bicyclic) bond motifs is 1. The zero-order valence-corrected chi connectivity index (χ0v) is 13.1. The summed E-state index contributed by atoms with van der Waals surface area (Å²) in [6, 6.07) is 8.02. The molecule has 1 unspecified atom stereocenters. The molecule has 2 aromatic rings. The monoisotopic (exact) mass is 313 g/mol. The second kappa shape index (κ2) is 5.46. The van der Waals surface area contributed by atoms with Crippen LogP contribution in [0.1, 0.15) is 42.2 Å². The van der Waals surface area contributed by atoms with E-state index in [0.29, 0.717) is 23.4 Å². The smallest absolute Gasteiger partial charge is 0.252 e. The first-order valence-corrected chi connectivity index (χ1v) is 7.42. The van der Waals surface area contributed by atoms with Crippen LogP contribution in [0.4, 0.5) is 5.69 Å². The van der Waals surface area contributed by atoms with Crippen LogP contribution in [0.25, 0.3) is 0 Å². The number of H-pyrrole nitrogens is 1. The molecule has 0 bridgehead atoms. The second-order valence-corrected chi connectivity index (χ2v) is 6.33. The SMILES string of the molecule is CC1(C)CC(NC(=O)c2cc[nH]c(=O)c2)c2cc(N)ccc2O1. The number of pyridine rings is 1. The van der Waals surface area contributed by atoms with Gasteiger partial charge < -0.3 is 20.8 Å². The van der Waals surface area contributed by atoms with Crippen molar-refractivity contribution in [1.82, 2.24) is 10.3 Å². The maximum absolute atomic E-state index is 12.4. The number of aromatic amines is 1. The van der Waals surface area contributed by atoms with Gasteiger partial charge in [0.2, 0.25) is 5.56 Å². The van der Waals surface area contributed by atoms with Crippen LogP contribution in [0.5, 0.6) is 5.75 Å². The number of nitrogens with two attached hydrogens (primary N) is 1. The van der Waals surface area contributed by atoms with Gasteiger partial charge in [0, 0.05) is 35.5 Å². The van der Waals surface area contributed by atoms with E-state index >= 15 is 0 Å². The third-order valence-corrected chi connectivity index (χ3v) is 3.83. The van der Waals surface area contributed by atoms with Gasteiger partial charge in [-0.15, -0.1) is 0 Å². The van der Waals surface area contributed by atoms with E-state index in [2.05, 4.69) is 10.3 Å². The minimum Gasteiger partial charge on any atom is -0.487 e. The lowest BCUT2D eigenvalue weighted by Crippen LogP contribution is -2.41. The largest absolute Gasteiger partial charge is 0.487 e. The van der Waals surface area contributed by atoms with Gasteiger partial charge in [-0.2, -0.15) is 0 Å². The second-order valence-electron chi connectivity index (χ2n) is 6.33. The topological polar surface area (TPSA) is 97.2 Å². The molecule has 0 radical (unpaired) electrons. The van der Waals surface area contributed by atoms with Crippen molar-refractivity contribution >= 4 is 11.6 Å². The van der Waals surface area contributed by atoms with E-state index in [0.717, 1.165) is 5.56 Å². The van der Waals surface area contributed by atoms with Crippen molar-refractivity contribution in [2.45, 2.75) is 31.9 Å². The number of ether oxygens (including phenoxy) is 1. The molecule has 2 heterocycles. The summed E-state index contributed by atoms with van der Waals surface area (Å²) in [5.74, 6) is 0.416. The van der Waals surface area contributed by atoms with E-state index in [9.17, 15) is 9.59 Å². The van der Waals surface area contributed by atoms with Crippen LogP contribution in [0.3, 0.4) is 0 Å². The maximum Gasteiger partial charge on any atom is 0.252 e. The Morgan fingerprint density at radius 1 is 1.35 bits per heavy atom. The molecule has 1 aromatic heterocycles. The highest BCUT2D eigenvalue weighted by Crippen LogP contribution is 2.40. The molecular formula is C17H19N3O3. The summed E-state index contributed by atoms with van der Waals surface area (Å²) in [6.07, 6.45) is 2.06. The number of hydrogen-bond donors (Lipinski definition) is 3. The summed E-state index contributed by atoms with van der Waals surface area (Å²) in [4.78, 5) is 26.3. The van der Waals surface area contributed by atoms with Crippen LogP contribution in [-0.2, 0) is 0 Å². The summed E-state index contributed by atoms with van der Waals surface area (Å²) in [6.45, 7) is 3.94. The Balaban J connectivity index is 1.92. The fraction of sp³-hybridized carbons (Fsp3) is 0.294. The van der Waals surface area contributed by atoms with Gasteiger partial charge in [0.15, 0.2) is 0 Å². The summed E-state index contributed by atoms with van der Waals surface area (Å²) >= 11 is 0. The molecule has 120 valence electrons. The fourth-order valence-electron chi connectivity index (χ4n) is 2.83. The van der Waals surface area contributed by atoms with E-state index in [-0.39, 0.29) is 17.5 Å². The van der Waals surface area contributed by atoms with Crippen LogP contribution in [0.15, 0.2) is 41.3 Å². The van der Waals surface area contributed by atoms with Crippen LogP contribution >= 0.6 is 0 Å². The van der Waals surface area contributed by atoms with Crippen molar-refractivity contribution in [2.75, 3.05) is 5.73 Å². The Bertz CT molecular complexity index is 811. The van der Waals surface area contributed by atoms with Crippen molar-refractivity contribution in [3.63, 3.8) is 0 Å². The molecule has 0 fully saturated rings. The molecule has 1 aliphatic rings. The van der Waals surface area contributed by atoms with Crippen molar-refractivity contribution in [1.29, 1.82) is 0 Å². The minimum atomic E-state index is -0.408. The number of rotatable bonds is 2. The molecule has 1 atom stereocenters. The predicted octanol–water partition coefficient (Wildman–Crippen LogP) is 1.99. The number of benzene rings is 1. The van der Waals surface area contributed by atoms with Crippen LogP contribution < -0.4 is 21.3 Å². The average molecular weight is 313 g/mol. The van der Waals surface area contributed by atoms with Gasteiger partial charge in [0.05, 0.1) is 6.04 Å². The van der Waals surface area contributed by atoms with Crippen LogP contribution in [0, 0.1) is 0 Å². The molecule has 6 heteroatoms. The Hall–Kier alpha value is -2.76. The average Bonchev–Trinajstić information content (AvgIpc) is 2.47. The first-order chi connectivity index (χ1) is 10.8. The molecule has 0 saturated heterocycles. The number of nitrogen functional groups attached to an aromatic ring is 1. The third-order valence-electron chi connectivity index (χ3n) is 3.83. The Kier molecular flexibility index (Phi) is 3.60. The van der Waals surface area contributed by atoms with Crippen molar-refractivity contribution in [3.8, 4) is 5.75 Å². The number of hydrogen-bond acceptors (Lipinski definition) is 4. The predicted molar refractivity (Wildman–Crippen MR) is 87.4 cm³/mol. The quantitative estimate of drug-likeness (QED) is 0.739. The van der Waals surface area contributed by atoms with Crippen LogP contribution in [-0.4, -0.2) is 16.5 Å². The van der Waals surface area contributed by atoms with Crippen LogP contribution in [0.2, 0.25) is 0 Å². The van der Waals surface area contributed by atoms with Gasteiger partial charge in [0.1, 0.15) is 11.4 Å². The highest BCUT2D eigenvalue weighted by atomic mass is 16.5. The standard InChI is InChI=1S/C17H19N3O3/c1-17(2)9-13(12-8-11(18)3-4-14(12)23-17)20-16(22)10-5-6-19-15(21)7-10/h3-8,13H,9,18H2,1-2H3,(H,19,21)(H,20,22). The third kappa shape index (κ3) is 3.21. The number of aromatic nitrogens is 1. The Labute approximate surface area is 133 Å². The number of carbonyl (C=O) groups is 1. The summed E-state index contributed by atoms with van der Waals surface area (Å²) in [7, 11) is 0. The first-order valence-electron chi connectivity index (χ1n) is 7.42. The van der Waals surface area contributed by atoms with Gasteiger partial charge in [-0.3, -0.25) is 9.59 Å². The highest BCUT2D eigenvalue weighted by Gasteiger charge is 2.34. The maximum atomic E-state index is 12.4. The van der Waals surface area contributed by atoms with Gasteiger partial charge >= 0.3 is 0 Å². The highest BCUT2D eigenvalue weighted by molar-refractivity contribution is 5.94. The molecule has 4 N–H and O–H groups in total. The van der Waals surface area contributed by atoms with Gasteiger partial charge in [-0.05, 0) is 38.1 Å². The molecule has 0 aliphatic carbocycles. The summed E-state index contributed by atoms with van der Waals surface area (Å²) < 4.78 is 5.95. The zero-order valence-electron chi connectivity index (χ0n) is 13.1. The molecule has 1 aromatic carbocycles. The zero-order chi connectivity index (χ0) is 16.6. The van der Waals surface area contributed by atoms with E-state index in [1.165, 1.54) is 12.3 Å². The molecule has 23 heavy (non-hydrogen) atoms. The van der Waals surface area contributed by atoms with Gasteiger partial charge in [0.25, 0.3) is 5.91 Å². The van der Waals surface area contributed by atoms with Gasteiger partial charge in [-0.25, -0.2) is 0 Å². The van der Waals surface area contributed by atoms with E-state index in [1.54, 1.807) is 12.1 Å². The number of amides is 1. The number of carbonyl (C=O) groups excluding carboxylic acids is 1. The first kappa shape index (κ1) is 15.1. The van der Waals surface area contributed by atoms with E-state index in [4.69, 9.17) is 10.5 Å². The molecule has 1 amide bonds. The molecule has 6 nitrogen and oxygen atoms in total. The minimum absolute atomic E-state index is 0.232. The fourth-order valence-corrected chi connectivity index (χ4v) is 2.83. The summed E-state index contributed by atoms with van der Waals surface area (Å²) in [5, 5.41) is 2.97. The molecule has 0 saturated carbocycles.